The van der Waals surface area contributed by atoms with Crippen molar-refractivity contribution in [3.63, 3.8) is 0 Å². The summed E-state index contributed by atoms with van der Waals surface area (Å²) in [6, 6.07) is 0. The molecule has 0 aromatic carbocycles. The molecule has 1 aliphatic rings. The van der Waals surface area contributed by atoms with Gasteiger partial charge in [0.05, 0.1) is 5.92 Å². The van der Waals surface area contributed by atoms with Gasteiger partial charge in [-0.3, -0.25) is 9.59 Å². The van der Waals surface area contributed by atoms with Crippen molar-refractivity contribution in [2.24, 2.45) is 11.7 Å². The van der Waals surface area contributed by atoms with Crippen molar-refractivity contribution in [3.8, 4) is 0 Å². The lowest BCUT2D eigenvalue weighted by Gasteiger charge is -2.21. The number of nitrogens with one attached hydrogen (secondary N) is 2. The summed E-state index contributed by atoms with van der Waals surface area (Å²) >= 11 is 0. The van der Waals surface area contributed by atoms with Crippen molar-refractivity contribution in [3.05, 3.63) is 0 Å². The zero-order chi connectivity index (χ0) is 11.1. The zero-order valence-electron chi connectivity index (χ0n) is 8.92. The number of primary amides is 1. The molecule has 1 heterocycles. The Kier molecular flexibility index (Phi) is 5.10. The molecule has 1 fully saturated rings. The predicted octanol–water partition coefficient (Wildman–Crippen LogP) is -0.632. The van der Waals surface area contributed by atoms with E-state index in [2.05, 4.69) is 10.6 Å². The molecular formula is C10H19N3O2. The molecule has 15 heavy (non-hydrogen) atoms. The highest BCUT2D eigenvalue weighted by Crippen LogP contribution is 2.09. The molecule has 1 aliphatic heterocycles. The molecule has 5 nitrogen and oxygen atoms in total. The Labute approximate surface area is 89.8 Å². The smallest absolute Gasteiger partial charge is 0.224 e. The minimum absolute atomic E-state index is 0.0895. The van der Waals surface area contributed by atoms with Crippen molar-refractivity contribution in [2.45, 2.75) is 25.7 Å². The normalized spacial score (nSPS) is 20.9. The second kappa shape index (κ2) is 6.40. The maximum Gasteiger partial charge on any atom is 0.224 e. The monoisotopic (exact) mass is 213 g/mol. The van der Waals surface area contributed by atoms with Crippen molar-refractivity contribution in [1.82, 2.24) is 10.6 Å². The van der Waals surface area contributed by atoms with Crippen molar-refractivity contribution < 1.29 is 9.59 Å². The predicted molar refractivity (Wildman–Crippen MR) is 57.0 cm³/mol. The fraction of sp³-hybridized carbons (Fsp3) is 0.800. The number of carbonyl (C=O) groups excluding carboxylic acids is 2. The largest absolute Gasteiger partial charge is 0.370 e. The zero-order valence-corrected chi connectivity index (χ0v) is 8.92. The van der Waals surface area contributed by atoms with Gasteiger partial charge in [0.15, 0.2) is 0 Å². The van der Waals surface area contributed by atoms with Crippen LogP contribution < -0.4 is 16.4 Å². The number of piperidine rings is 1. The van der Waals surface area contributed by atoms with E-state index in [0.29, 0.717) is 19.4 Å². The third-order valence-corrected chi connectivity index (χ3v) is 2.57. The average molecular weight is 213 g/mol. The van der Waals surface area contributed by atoms with Crippen LogP contribution in [-0.4, -0.2) is 31.4 Å². The van der Waals surface area contributed by atoms with Gasteiger partial charge in [0, 0.05) is 19.5 Å². The summed E-state index contributed by atoms with van der Waals surface area (Å²) in [7, 11) is 0. The molecule has 1 rings (SSSR count). The molecule has 2 amide bonds. The van der Waals surface area contributed by atoms with Gasteiger partial charge < -0.3 is 16.4 Å². The van der Waals surface area contributed by atoms with Crippen LogP contribution in [0.3, 0.4) is 0 Å². The molecule has 0 radical (unpaired) electrons. The number of hydrogen-bond acceptors (Lipinski definition) is 3. The van der Waals surface area contributed by atoms with Crippen molar-refractivity contribution in [2.75, 3.05) is 19.6 Å². The molecule has 0 spiro atoms. The Bertz CT molecular complexity index is 225. The van der Waals surface area contributed by atoms with Crippen LogP contribution in [0.2, 0.25) is 0 Å². The molecule has 5 heteroatoms. The lowest BCUT2D eigenvalue weighted by Crippen LogP contribution is -2.40. The topological polar surface area (TPSA) is 84.2 Å². The first-order valence-corrected chi connectivity index (χ1v) is 5.47. The first-order chi connectivity index (χ1) is 7.20. The highest BCUT2D eigenvalue weighted by Gasteiger charge is 2.19. The molecule has 1 saturated heterocycles. The van der Waals surface area contributed by atoms with Gasteiger partial charge in [0.2, 0.25) is 11.8 Å². The van der Waals surface area contributed by atoms with Crippen LogP contribution >= 0.6 is 0 Å². The quantitative estimate of drug-likeness (QED) is 0.531. The van der Waals surface area contributed by atoms with E-state index in [1.54, 1.807) is 0 Å². The van der Waals surface area contributed by atoms with Crippen LogP contribution in [0, 0.1) is 5.92 Å². The number of rotatable bonds is 5. The molecule has 0 unspecified atom stereocenters. The van der Waals surface area contributed by atoms with E-state index in [0.717, 1.165) is 25.9 Å². The minimum Gasteiger partial charge on any atom is -0.370 e. The molecular weight excluding hydrogens is 194 g/mol. The molecule has 0 saturated carbocycles. The van der Waals surface area contributed by atoms with Crippen LogP contribution in [0.15, 0.2) is 0 Å². The lowest BCUT2D eigenvalue weighted by atomic mass is 9.99. The van der Waals surface area contributed by atoms with Crippen LogP contribution in [0.25, 0.3) is 0 Å². The summed E-state index contributed by atoms with van der Waals surface area (Å²) in [6.45, 7) is 2.31. The lowest BCUT2D eigenvalue weighted by molar-refractivity contribution is -0.125. The Morgan fingerprint density at radius 3 is 2.87 bits per heavy atom. The van der Waals surface area contributed by atoms with Gasteiger partial charge in [-0.25, -0.2) is 0 Å². The van der Waals surface area contributed by atoms with Gasteiger partial charge in [-0.1, -0.05) is 0 Å². The van der Waals surface area contributed by atoms with Crippen LogP contribution in [0.5, 0.6) is 0 Å². The van der Waals surface area contributed by atoms with Crippen LogP contribution in [0.1, 0.15) is 25.7 Å². The maximum absolute atomic E-state index is 11.6. The molecule has 4 N–H and O–H groups in total. The Morgan fingerprint density at radius 2 is 2.27 bits per heavy atom. The fourth-order valence-corrected chi connectivity index (χ4v) is 1.69. The highest BCUT2D eigenvalue weighted by molar-refractivity contribution is 5.79. The molecule has 0 aromatic rings. The third-order valence-electron chi connectivity index (χ3n) is 2.57. The fourth-order valence-electron chi connectivity index (χ4n) is 1.69. The second-order valence-corrected chi connectivity index (χ2v) is 3.90. The van der Waals surface area contributed by atoms with Crippen LogP contribution in [0.4, 0.5) is 0 Å². The number of amides is 2. The summed E-state index contributed by atoms with van der Waals surface area (Å²) < 4.78 is 0. The first-order valence-electron chi connectivity index (χ1n) is 5.47. The van der Waals surface area contributed by atoms with E-state index < -0.39 is 0 Å². The van der Waals surface area contributed by atoms with Crippen molar-refractivity contribution in [1.29, 1.82) is 0 Å². The van der Waals surface area contributed by atoms with E-state index in [9.17, 15) is 9.59 Å². The van der Waals surface area contributed by atoms with Gasteiger partial charge in [-0.2, -0.15) is 0 Å². The maximum atomic E-state index is 11.6. The standard InChI is InChI=1S/C10H19N3O2/c11-9(14)4-2-6-13-10(15)8-3-1-5-12-7-8/h8,12H,1-7H2,(H2,11,14)(H,13,15)/t8-/m1/s1. The Balaban J connectivity index is 2.09. The molecule has 0 aliphatic carbocycles. The third kappa shape index (κ3) is 4.78. The van der Waals surface area contributed by atoms with E-state index >= 15 is 0 Å². The Morgan fingerprint density at radius 1 is 1.47 bits per heavy atom. The summed E-state index contributed by atoms with van der Waals surface area (Å²) in [5.74, 6) is -0.136. The molecule has 1 atom stereocenters. The number of nitrogens with two attached hydrogens (primary N) is 1. The molecule has 86 valence electrons. The summed E-state index contributed by atoms with van der Waals surface area (Å²) in [4.78, 5) is 22.0. The van der Waals surface area contributed by atoms with E-state index in [4.69, 9.17) is 5.73 Å². The van der Waals surface area contributed by atoms with Gasteiger partial charge >= 0.3 is 0 Å². The van der Waals surface area contributed by atoms with Crippen LogP contribution in [-0.2, 0) is 9.59 Å². The summed E-state index contributed by atoms with van der Waals surface area (Å²) in [5, 5.41) is 6.01. The SMILES string of the molecule is NC(=O)CCCNC(=O)[C@@H]1CCCNC1. The van der Waals surface area contributed by atoms with E-state index in [-0.39, 0.29) is 17.7 Å². The molecule has 0 bridgehead atoms. The average Bonchev–Trinajstić information content (AvgIpc) is 2.25. The van der Waals surface area contributed by atoms with Gasteiger partial charge in [-0.05, 0) is 25.8 Å². The molecule has 0 aromatic heterocycles. The van der Waals surface area contributed by atoms with E-state index in [1.807, 2.05) is 0 Å². The van der Waals surface area contributed by atoms with Gasteiger partial charge in [0.25, 0.3) is 0 Å². The van der Waals surface area contributed by atoms with Crippen molar-refractivity contribution >= 4 is 11.8 Å². The summed E-state index contributed by atoms with van der Waals surface area (Å²) in [6.07, 6.45) is 2.97. The summed E-state index contributed by atoms with van der Waals surface area (Å²) in [5.41, 5.74) is 4.99. The van der Waals surface area contributed by atoms with E-state index in [1.165, 1.54) is 0 Å². The minimum atomic E-state index is -0.316. The van der Waals surface area contributed by atoms with Gasteiger partial charge in [0.1, 0.15) is 0 Å². The highest BCUT2D eigenvalue weighted by atomic mass is 16.2. The second-order valence-electron chi connectivity index (χ2n) is 3.90. The Hall–Kier alpha value is -1.10. The first kappa shape index (κ1) is 12.0. The number of hydrogen-bond donors (Lipinski definition) is 3. The number of carbonyl (C=O) groups is 2. The van der Waals surface area contributed by atoms with Gasteiger partial charge in [-0.15, -0.1) is 0 Å².